The fourth-order valence-electron chi connectivity index (χ4n) is 2.76. The average Bonchev–Trinajstić information content (AvgIpc) is 2.43. The van der Waals surface area contributed by atoms with Crippen LogP contribution in [0.3, 0.4) is 0 Å². The van der Waals surface area contributed by atoms with Gasteiger partial charge in [0.05, 0.1) is 5.69 Å². The van der Waals surface area contributed by atoms with Crippen LogP contribution in [0.1, 0.15) is 32.3 Å². The number of rotatable bonds is 6. The molecule has 0 saturated heterocycles. The van der Waals surface area contributed by atoms with Gasteiger partial charge in [-0.2, -0.15) is 0 Å². The average molecular weight is 275 g/mol. The van der Waals surface area contributed by atoms with Crippen molar-refractivity contribution in [3.8, 4) is 0 Å². The van der Waals surface area contributed by atoms with Gasteiger partial charge in [-0.15, -0.1) is 0 Å². The van der Waals surface area contributed by atoms with Crippen LogP contribution in [0.2, 0.25) is 0 Å². The van der Waals surface area contributed by atoms with Crippen molar-refractivity contribution in [1.29, 1.82) is 0 Å². The third-order valence-corrected chi connectivity index (χ3v) is 3.82. The number of hydrogen-bond donors (Lipinski definition) is 1. The van der Waals surface area contributed by atoms with Gasteiger partial charge in [-0.05, 0) is 37.9 Å². The zero-order valence-corrected chi connectivity index (χ0v) is 12.7. The summed E-state index contributed by atoms with van der Waals surface area (Å²) in [5, 5.41) is 3.41. The van der Waals surface area contributed by atoms with Crippen molar-refractivity contribution in [2.75, 3.05) is 25.0 Å². The third kappa shape index (κ3) is 3.31. The summed E-state index contributed by atoms with van der Waals surface area (Å²) < 4.78 is 0. The molecule has 1 aliphatic heterocycles. The number of carbonyl (C=O) groups is 1. The summed E-state index contributed by atoms with van der Waals surface area (Å²) in [4.78, 5) is 16.0. The molecule has 4 heteroatoms. The maximum atomic E-state index is 12.3. The first-order valence-electron chi connectivity index (χ1n) is 7.47. The number of amides is 2. The summed E-state index contributed by atoms with van der Waals surface area (Å²) in [5.41, 5.74) is 2.31. The van der Waals surface area contributed by atoms with E-state index >= 15 is 0 Å². The van der Waals surface area contributed by atoms with E-state index in [4.69, 9.17) is 0 Å². The van der Waals surface area contributed by atoms with E-state index < -0.39 is 0 Å². The highest BCUT2D eigenvalue weighted by molar-refractivity contribution is 5.94. The van der Waals surface area contributed by atoms with Gasteiger partial charge in [-0.3, -0.25) is 4.90 Å². The third-order valence-electron chi connectivity index (χ3n) is 3.82. The monoisotopic (exact) mass is 275 g/mol. The number of carbonyl (C=O) groups excluding carboxylic acids is 1. The number of benzene rings is 1. The second-order valence-electron chi connectivity index (χ2n) is 5.52. The van der Waals surface area contributed by atoms with E-state index in [0.29, 0.717) is 12.6 Å². The molecular formula is C16H25N3O. The number of anilines is 1. The molecule has 0 bridgehead atoms. The van der Waals surface area contributed by atoms with Crippen LogP contribution in [0.15, 0.2) is 24.3 Å². The van der Waals surface area contributed by atoms with Gasteiger partial charge in [-0.1, -0.05) is 25.1 Å². The van der Waals surface area contributed by atoms with Crippen LogP contribution in [0.5, 0.6) is 0 Å². The lowest BCUT2D eigenvalue weighted by atomic mass is 10.1. The highest BCUT2D eigenvalue weighted by atomic mass is 16.2. The lowest BCUT2D eigenvalue weighted by Crippen LogP contribution is -2.45. The summed E-state index contributed by atoms with van der Waals surface area (Å²) >= 11 is 0. The van der Waals surface area contributed by atoms with Gasteiger partial charge in [0.25, 0.3) is 0 Å². The van der Waals surface area contributed by atoms with E-state index in [9.17, 15) is 4.79 Å². The Bertz CT molecular complexity index is 461. The molecule has 0 spiro atoms. The van der Waals surface area contributed by atoms with Gasteiger partial charge in [-0.25, -0.2) is 4.79 Å². The zero-order valence-electron chi connectivity index (χ0n) is 12.7. The van der Waals surface area contributed by atoms with Gasteiger partial charge >= 0.3 is 6.03 Å². The van der Waals surface area contributed by atoms with E-state index in [1.165, 1.54) is 5.56 Å². The Kier molecular flexibility index (Phi) is 5.01. The molecule has 0 radical (unpaired) electrons. The molecule has 0 fully saturated rings. The molecule has 1 atom stereocenters. The molecule has 1 unspecified atom stereocenters. The van der Waals surface area contributed by atoms with Crippen molar-refractivity contribution in [3.05, 3.63) is 29.8 Å². The van der Waals surface area contributed by atoms with Crippen molar-refractivity contribution < 1.29 is 4.79 Å². The van der Waals surface area contributed by atoms with E-state index in [2.05, 4.69) is 25.2 Å². The maximum Gasteiger partial charge on any atom is 0.324 e. The number of urea groups is 1. The van der Waals surface area contributed by atoms with Crippen molar-refractivity contribution >= 4 is 11.7 Å². The molecule has 0 aliphatic carbocycles. The molecule has 1 heterocycles. The predicted molar refractivity (Wildman–Crippen MR) is 83.0 cm³/mol. The van der Waals surface area contributed by atoms with Crippen LogP contribution >= 0.6 is 0 Å². The summed E-state index contributed by atoms with van der Waals surface area (Å²) in [6.07, 6.45) is 2.10. The van der Waals surface area contributed by atoms with Crippen LogP contribution in [-0.4, -0.2) is 37.1 Å². The van der Waals surface area contributed by atoms with Crippen molar-refractivity contribution in [2.24, 2.45) is 0 Å². The molecular weight excluding hydrogens is 250 g/mol. The molecule has 20 heavy (non-hydrogen) atoms. The van der Waals surface area contributed by atoms with Gasteiger partial charge in [0.15, 0.2) is 0 Å². The Balaban J connectivity index is 2.01. The molecule has 1 aliphatic rings. The zero-order chi connectivity index (χ0) is 14.5. The van der Waals surface area contributed by atoms with Gasteiger partial charge in [0, 0.05) is 26.2 Å². The highest BCUT2D eigenvalue weighted by Crippen LogP contribution is 2.27. The number of hydrogen-bond acceptors (Lipinski definition) is 2. The SMILES string of the molecule is CCNC(C)CCCN1C(=O)N(C)Cc2ccccc21. The van der Waals surface area contributed by atoms with Crippen LogP contribution in [0.4, 0.5) is 10.5 Å². The standard InChI is InChI=1S/C16H25N3O/c1-4-17-13(2)8-7-11-19-15-10-6-5-9-14(15)12-18(3)16(19)20/h5-6,9-10,13,17H,4,7-8,11-12H2,1-3H3. The molecule has 0 saturated carbocycles. The fraction of sp³-hybridized carbons (Fsp3) is 0.562. The van der Waals surface area contributed by atoms with E-state index in [-0.39, 0.29) is 6.03 Å². The largest absolute Gasteiger partial charge is 0.324 e. The smallest absolute Gasteiger partial charge is 0.323 e. The minimum absolute atomic E-state index is 0.111. The van der Waals surface area contributed by atoms with Gasteiger partial charge in [0.1, 0.15) is 0 Å². The Morgan fingerprint density at radius 3 is 2.85 bits per heavy atom. The van der Waals surface area contributed by atoms with Crippen molar-refractivity contribution in [1.82, 2.24) is 10.2 Å². The Labute approximate surface area is 121 Å². The molecule has 2 amide bonds. The van der Waals surface area contributed by atoms with Crippen LogP contribution in [0, 0.1) is 0 Å². The molecule has 2 rings (SSSR count). The number of fused-ring (bicyclic) bond motifs is 1. The molecule has 1 aromatic rings. The second-order valence-corrected chi connectivity index (χ2v) is 5.52. The molecule has 110 valence electrons. The Morgan fingerprint density at radius 2 is 2.10 bits per heavy atom. The summed E-state index contributed by atoms with van der Waals surface area (Å²) in [7, 11) is 1.87. The fourth-order valence-corrected chi connectivity index (χ4v) is 2.76. The molecule has 1 N–H and O–H groups in total. The van der Waals surface area contributed by atoms with E-state index in [1.54, 1.807) is 4.90 Å². The first kappa shape index (κ1) is 14.9. The van der Waals surface area contributed by atoms with Crippen LogP contribution in [0.25, 0.3) is 0 Å². The minimum atomic E-state index is 0.111. The van der Waals surface area contributed by atoms with Crippen LogP contribution in [-0.2, 0) is 6.54 Å². The van der Waals surface area contributed by atoms with E-state index in [0.717, 1.165) is 31.6 Å². The first-order valence-corrected chi connectivity index (χ1v) is 7.47. The Morgan fingerprint density at radius 1 is 1.35 bits per heavy atom. The van der Waals surface area contributed by atoms with Gasteiger partial charge < -0.3 is 10.2 Å². The molecule has 1 aromatic carbocycles. The second kappa shape index (κ2) is 6.75. The molecule has 4 nitrogen and oxygen atoms in total. The van der Waals surface area contributed by atoms with Crippen LogP contribution < -0.4 is 10.2 Å². The number of nitrogens with zero attached hydrogens (tertiary/aromatic N) is 2. The predicted octanol–water partition coefficient (Wildman–Crippen LogP) is 2.84. The lowest BCUT2D eigenvalue weighted by Gasteiger charge is -2.35. The summed E-state index contributed by atoms with van der Waals surface area (Å²) in [5.74, 6) is 0. The highest BCUT2D eigenvalue weighted by Gasteiger charge is 2.27. The molecule has 0 aromatic heterocycles. The van der Waals surface area contributed by atoms with Crippen molar-refractivity contribution in [2.45, 2.75) is 39.3 Å². The minimum Gasteiger partial charge on any atom is -0.323 e. The van der Waals surface area contributed by atoms with Gasteiger partial charge in [0.2, 0.25) is 0 Å². The summed E-state index contributed by atoms with van der Waals surface area (Å²) in [6.45, 7) is 6.81. The maximum absolute atomic E-state index is 12.3. The topological polar surface area (TPSA) is 35.6 Å². The van der Waals surface area contributed by atoms with Crippen molar-refractivity contribution in [3.63, 3.8) is 0 Å². The lowest BCUT2D eigenvalue weighted by molar-refractivity contribution is 0.210. The normalized spacial score (nSPS) is 16.2. The first-order chi connectivity index (χ1) is 9.63. The number of para-hydroxylation sites is 1. The van der Waals surface area contributed by atoms with E-state index in [1.807, 2.05) is 30.1 Å². The number of nitrogens with one attached hydrogen (secondary N) is 1. The summed E-state index contributed by atoms with van der Waals surface area (Å²) in [6, 6.07) is 8.81. The quantitative estimate of drug-likeness (QED) is 0.866. The Hall–Kier alpha value is -1.55.